The van der Waals surface area contributed by atoms with Gasteiger partial charge in [-0.3, -0.25) is 14.5 Å². The fraction of sp³-hybridized carbons (Fsp3) is 0.417. The van der Waals surface area contributed by atoms with Gasteiger partial charge in [-0.05, 0) is 50.2 Å². The fourth-order valence-corrected chi connectivity index (χ4v) is 4.11. The van der Waals surface area contributed by atoms with E-state index in [0.29, 0.717) is 18.0 Å². The van der Waals surface area contributed by atoms with Crippen LogP contribution in [0.15, 0.2) is 36.4 Å². The number of carbonyl (C=O) groups excluding carboxylic acids is 2. The molecule has 0 spiro atoms. The summed E-state index contributed by atoms with van der Waals surface area (Å²) in [7, 11) is 2.10. The molecule has 2 aromatic rings. The molecule has 2 aromatic carbocycles. The zero-order valence-electron chi connectivity index (χ0n) is 18.8. The molecule has 0 aromatic heterocycles. The van der Waals surface area contributed by atoms with Crippen molar-refractivity contribution in [3.05, 3.63) is 53.1 Å². The third-order valence-corrected chi connectivity index (χ3v) is 6.05. The first kappa shape index (κ1) is 22.1. The summed E-state index contributed by atoms with van der Waals surface area (Å²) in [6.45, 7) is 8.07. The van der Waals surface area contributed by atoms with E-state index < -0.39 is 11.8 Å². The van der Waals surface area contributed by atoms with Crippen molar-refractivity contribution in [2.75, 3.05) is 51.9 Å². The van der Waals surface area contributed by atoms with Crippen LogP contribution in [-0.2, 0) is 9.59 Å². The minimum atomic E-state index is -0.667. The summed E-state index contributed by atoms with van der Waals surface area (Å²) in [5.41, 5.74) is 3.68. The maximum absolute atomic E-state index is 12.6. The Morgan fingerprint density at radius 3 is 2.47 bits per heavy atom. The Morgan fingerprint density at radius 1 is 0.969 bits per heavy atom. The number of rotatable bonds is 5. The fourth-order valence-electron chi connectivity index (χ4n) is 4.11. The van der Waals surface area contributed by atoms with Crippen LogP contribution < -0.4 is 20.1 Å². The maximum atomic E-state index is 12.6. The molecule has 0 unspecified atom stereocenters. The van der Waals surface area contributed by atoms with Crippen LogP contribution in [0, 0.1) is 13.8 Å². The van der Waals surface area contributed by atoms with Crippen LogP contribution in [0.1, 0.15) is 22.7 Å². The van der Waals surface area contributed by atoms with Gasteiger partial charge in [0.25, 0.3) is 0 Å². The SMILES string of the molecule is Cc1ccc(NC(=O)C(=O)NC[C@H](c2ccc3c(c2)OCO3)N2CCN(C)CC2)c(C)c1. The predicted octanol–water partition coefficient (Wildman–Crippen LogP) is 2.08. The number of piperazine rings is 1. The van der Waals surface area contributed by atoms with Gasteiger partial charge < -0.3 is 25.0 Å². The molecule has 2 heterocycles. The standard InChI is InChI=1S/C24H30N4O4/c1-16-4-6-19(17(2)12-16)26-24(30)23(29)25-14-20(28-10-8-27(3)9-11-28)18-5-7-21-22(13-18)32-15-31-21/h4-7,12-13,20H,8-11,14-15H2,1-3H3,(H,25,29)(H,26,30)/t20-/m1/s1. The molecule has 1 atom stereocenters. The van der Waals surface area contributed by atoms with Crippen LogP contribution in [-0.4, -0.2) is 68.2 Å². The van der Waals surface area contributed by atoms with E-state index in [4.69, 9.17) is 9.47 Å². The van der Waals surface area contributed by atoms with E-state index in [9.17, 15) is 9.59 Å². The van der Waals surface area contributed by atoms with Gasteiger partial charge in [-0.2, -0.15) is 0 Å². The second-order valence-corrected chi connectivity index (χ2v) is 8.45. The normalized spacial score (nSPS) is 17.1. The number of likely N-dealkylation sites (N-methyl/N-ethyl adjacent to an activating group) is 1. The number of carbonyl (C=O) groups is 2. The van der Waals surface area contributed by atoms with Gasteiger partial charge >= 0.3 is 11.8 Å². The van der Waals surface area contributed by atoms with Crippen molar-refractivity contribution in [2.45, 2.75) is 19.9 Å². The summed E-state index contributed by atoms with van der Waals surface area (Å²) in [5.74, 6) is 0.118. The Bertz CT molecular complexity index is 1000. The molecular weight excluding hydrogens is 408 g/mol. The highest BCUT2D eigenvalue weighted by molar-refractivity contribution is 6.39. The molecule has 8 nitrogen and oxygen atoms in total. The van der Waals surface area contributed by atoms with E-state index in [2.05, 4.69) is 27.5 Å². The molecule has 0 aliphatic carbocycles. The van der Waals surface area contributed by atoms with Crippen molar-refractivity contribution in [3.63, 3.8) is 0 Å². The van der Waals surface area contributed by atoms with Crippen LogP contribution in [0.25, 0.3) is 0 Å². The van der Waals surface area contributed by atoms with Crippen LogP contribution >= 0.6 is 0 Å². The van der Waals surface area contributed by atoms with Gasteiger partial charge in [0, 0.05) is 38.4 Å². The van der Waals surface area contributed by atoms with Crippen molar-refractivity contribution >= 4 is 17.5 Å². The number of fused-ring (bicyclic) bond motifs is 1. The van der Waals surface area contributed by atoms with Crippen LogP contribution in [0.4, 0.5) is 5.69 Å². The van der Waals surface area contributed by atoms with Gasteiger partial charge in [-0.15, -0.1) is 0 Å². The molecule has 2 amide bonds. The quantitative estimate of drug-likeness (QED) is 0.696. The van der Waals surface area contributed by atoms with E-state index in [-0.39, 0.29) is 12.8 Å². The topological polar surface area (TPSA) is 83.1 Å². The average Bonchev–Trinajstić information content (AvgIpc) is 3.25. The lowest BCUT2D eigenvalue weighted by Gasteiger charge is -2.38. The van der Waals surface area contributed by atoms with Crippen molar-refractivity contribution in [3.8, 4) is 11.5 Å². The summed E-state index contributed by atoms with van der Waals surface area (Å²) in [6, 6.07) is 11.5. The number of amides is 2. The van der Waals surface area contributed by atoms with Gasteiger partial charge in [-0.1, -0.05) is 23.8 Å². The molecule has 1 saturated heterocycles. The lowest BCUT2D eigenvalue weighted by atomic mass is 10.0. The molecule has 170 valence electrons. The second-order valence-electron chi connectivity index (χ2n) is 8.45. The smallest absolute Gasteiger partial charge is 0.313 e. The number of anilines is 1. The number of nitrogens with one attached hydrogen (secondary N) is 2. The Kier molecular flexibility index (Phi) is 6.62. The Labute approximate surface area is 188 Å². The van der Waals surface area contributed by atoms with Gasteiger partial charge in [0.15, 0.2) is 11.5 Å². The van der Waals surface area contributed by atoms with E-state index in [1.165, 1.54) is 0 Å². The van der Waals surface area contributed by atoms with Crippen LogP contribution in [0.3, 0.4) is 0 Å². The molecule has 2 aliphatic heterocycles. The van der Waals surface area contributed by atoms with Gasteiger partial charge in [-0.25, -0.2) is 0 Å². The maximum Gasteiger partial charge on any atom is 0.313 e. The summed E-state index contributed by atoms with van der Waals surface area (Å²) in [4.78, 5) is 29.7. The molecule has 0 radical (unpaired) electrons. The van der Waals surface area contributed by atoms with E-state index >= 15 is 0 Å². The van der Waals surface area contributed by atoms with Gasteiger partial charge in [0.2, 0.25) is 6.79 Å². The first-order valence-corrected chi connectivity index (χ1v) is 10.9. The van der Waals surface area contributed by atoms with Gasteiger partial charge in [0.1, 0.15) is 0 Å². The Hall–Kier alpha value is -3.10. The molecule has 8 heteroatoms. The van der Waals surface area contributed by atoms with E-state index in [0.717, 1.165) is 48.6 Å². The number of ether oxygens (including phenoxy) is 2. The number of aryl methyl sites for hydroxylation is 2. The minimum Gasteiger partial charge on any atom is -0.454 e. The first-order valence-electron chi connectivity index (χ1n) is 10.9. The summed E-state index contributed by atoms with van der Waals surface area (Å²) in [6.07, 6.45) is 0. The number of hydrogen-bond acceptors (Lipinski definition) is 6. The number of benzene rings is 2. The third kappa shape index (κ3) is 5.03. The highest BCUT2D eigenvalue weighted by Gasteiger charge is 2.27. The van der Waals surface area contributed by atoms with E-state index in [1.54, 1.807) is 0 Å². The molecule has 2 N–H and O–H groups in total. The third-order valence-electron chi connectivity index (χ3n) is 6.05. The number of nitrogens with zero attached hydrogens (tertiary/aromatic N) is 2. The molecule has 1 fully saturated rings. The molecule has 4 rings (SSSR count). The Balaban J connectivity index is 1.44. The number of hydrogen-bond donors (Lipinski definition) is 2. The summed E-state index contributed by atoms with van der Waals surface area (Å²) >= 11 is 0. The zero-order valence-corrected chi connectivity index (χ0v) is 18.8. The highest BCUT2D eigenvalue weighted by Crippen LogP contribution is 2.35. The lowest BCUT2D eigenvalue weighted by molar-refractivity contribution is -0.136. The monoisotopic (exact) mass is 438 g/mol. The lowest BCUT2D eigenvalue weighted by Crippen LogP contribution is -2.49. The second kappa shape index (κ2) is 9.58. The minimum absolute atomic E-state index is 0.0731. The van der Waals surface area contributed by atoms with Crippen molar-refractivity contribution in [1.29, 1.82) is 0 Å². The predicted molar refractivity (Wildman–Crippen MR) is 122 cm³/mol. The van der Waals surface area contributed by atoms with Crippen molar-refractivity contribution in [1.82, 2.24) is 15.1 Å². The molecule has 0 bridgehead atoms. The molecule has 0 saturated carbocycles. The van der Waals surface area contributed by atoms with Crippen LogP contribution in [0.5, 0.6) is 11.5 Å². The summed E-state index contributed by atoms with van der Waals surface area (Å²) < 4.78 is 11.0. The summed E-state index contributed by atoms with van der Waals surface area (Å²) in [5, 5.41) is 5.54. The average molecular weight is 439 g/mol. The van der Waals surface area contributed by atoms with Crippen molar-refractivity contribution < 1.29 is 19.1 Å². The zero-order chi connectivity index (χ0) is 22.7. The first-order chi connectivity index (χ1) is 15.4. The van der Waals surface area contributed by atoms with Crippen LogP contribution in [0.2, 0.25) is 0 Å². The largest absolute Gasteiger partial charge is 0.454 e. The van der Waals surface area contributed by atoms with E-state index in [1.807, 2.05) is 50.2 Å². The highest BCUT2D eigenvalue weighted by atomic mass is 16.7. The molecular formula is C24H30N4O4. The Morgan fingerprint density at radius 2 is 1.72 bits per heavy atom. The van der Waals surface area contributed by atoms with Crippen molar-refractivity contribution in [2.24, 2.45) is 0 Å². The molecule has 32 heavy (non-hydrogen) atoms. The molecule has 2 aliphatic rings. The van der Waals surface area contributed by atoms with Gasteiger partial charge in [0.05, 0.1) is 6.04 Å².